The zero-order valence-corrected chi connectivity index (χ0v) is 18.4. The predicted octanol–water partition coefficient (Wildman–Crippen LogP) is 5.28. The molecule has 1 saturated heterocycles. The lowest BCUT2D eigenvalue weighted by atomic mass is 9.72. The summed E-state index contributed by atoms with van der Waals surface area (Å²) in [5.74, 6) is 0.307. The lowest BCUT2D eigenvalue weighted by molar-refractivity contribution is -0.0595. The van der Waals surface area contributed by atoms with Gasteiger partial charge in [-0.15, -0.1) is 0 Å². The normalized spacial score (nSPS) is 25.9. The Morgan fingerprint density at radius 1 is 0.966 bits per heavy atom. The number of piperazine rings is 1. The molecule has 3 nitrogen and oxygen atoms in total. The van der Waals surface area contributed by atoms with E-state index in [1.807, 2.05) is 36.4 Å². The van der Waals surface area contributed by atoms with Crippen LogP contribution in [0.2, 0.25) is 10.0 Å². The molecule has 0 bridgehead atoms. The summed E-state index contributed by atoms with van der Waals surface area (Å²) < 4.78 is 0. The molecule has 4 rings (SSSR count). The highest BCUT2D eigenvalue weighted by Crippen LogP contribution is 2.37. The average molecular weight is 433 g/mol. The van der Waals surface area contributed by atoms with E-state index < -0.39 is 5.60 Å². The van der Waals surface area contributed by atoms with Gasteiger partial charge in [-0.25, -0.2) is 0 Å². The number of para-hydroxylation sites is 1. The Balaban J connectivity index is 1.38. The minimum absolute atomic E-state index is 0.307. The molecule has 0 spiro atoms. The van der Waals surface area contributed by atoms with Crippen molar-refractivity contribution in [3.8, 4) is 0 Å². The van der Waals surface area contributed by atoms with Crippen molar-refractivity contribution in [2.24, 2.45) is 5.92 Å². The highest BCUT2D eigenvalue weighted by Gasteiger charge is 2.40. The maximum Gasteiger partial charge on any atom is 0.0728 e. The molecule has 0 radical (unpaired) electrons. The Bertz CT molecular complexity index is 822. The van der Waals surface area contributed by atoms with E-state index in [0.717, 1.165) is 73.3 Å². The zero-order chi connectivity index (χ0) is 20.3. The van der Waals surface area contributed by atoms with Crippen LogP contribution in [0.1, 0.15) is 31.2 Å². The first-order valence-electron chi connectivity index (χ1n) is 10.7. The summed E-state index contributed by atoms with van der Waals surface area (Å²) in [6.07, 6.45) is 4.99. The lowest BCUT2D eigenvalue weighted by Crippen LogP contribution is -2.52. The van der Waals surface area contributed by atoms with Crippen molar-refractivity contribution in [2.45, 2.75) is 37.7 Å². The molecular formula is C24H30Cl2N2O. The minimum Gasteiger partial charge on any atom is -0.389 e. The second-order valence-corrected chi connectivity index (χ2v) is 9.44. The summed E-state index contributed by atoms with van der Waals surface area (Å²) >= 11 is 12.5. The molecule has 2 aromatic rings. The summed E-state index contributed by atoms with van der Waals surface area (Å²) in [6, 6.07) is 16.0. The first-order chi connectivity index (χ1) is 14.0. The van der Waals surface area contributed by atoms with Crippen LogP contribution in [0, 0.1) is 5.92 Å². The maximum absolute atomic E-state index is 11.6. The monoisotopic (exact) mass is 432 g/mol. The number of hydrogen-bond acceptors (Lipinski definition) is 3. The molecule has 1 saturated carbocycles. The van der Waals surface area contributed by atoms with Gasteiger partial charge in [0.1, 0.15) is 0 Å². The van der Waals surface area contributed by atoms with Gasteiger partial charge in [0, 0.05) is 50.1 Å². The van der Waals surface area contributed by atoms with Crippen LogP contribution < -0.4 is 4.90 Å². The smallest absolute Gasteiger partial charge is 0.0728 e. The van der Waals surface area contributed by atoms with Crippen molar-refractivity contribution in [3.05, 3.63) is 64.1 Å². The quantitative estimate of drug-likeness (QED) is 0.695. The molecule has 2 fully saturated rings. The molecule has 1 N–H and O–H groups in total. The number of halogens is 2. The van der Waals surface area contributed by atoms with Crippen LogP contribution in [0.15, 0.2) is 48.5 Å². The van der Waals surface area contributed by atoms with Gasteiger partial charge in [-0.1, -0.05) is 60.3 Å². The summed E-state index contributed by atoms with van der Waals surface area (Å²) in [6.45, 7) is 4.93. The second kappa shape index (κ2) is 9.26. The summed E-state index contributed by atoms with van der Waals surface area (Å²) in [5.41, 5.74) is 1.63. The Morgan fingerprint density at radius 2 is 1.76 bits per heavy atom. The number of aliphatic hydroxyl groups is 1. The Kier molecular flexibility index (Phi) is 6.70. The largest absolute Gasteiger partial charge is 0.389 e. The van der Waals surface area contributed by atoms with E-state index in [4.69, 9.17) is 23.2 Å². The highest BCUT2D eigenvalue weighted by atomic mass is 35.5. The predicted molar refractivity (Wildman–Crippen MR) is 122 cm³/mol. The first-order valence-corrected chi connectivity index (χ1v) is 11.5. The summed E-state index contributed by atoms with van der Waals surface area (Å²) in [5, 5.41) is 13.1. The van der Waals surface area contributed by atoms with E-state index in [2.05, 4.69) is 21.9 Å². The van der Waals surface area contributed by atoms with Crippen LogP contribution in [0.3, 0.4) is 0 Å². The third-order valence-corrected chi connectivity index (χ3v) is 7.17. The van der Waals surface area contributed by atoms with Gasteiger partial charge in [0.2, 0.25) is 0 Å². The van der Waals surface area contributed by atoms with Crippen LogP contribution in [0.25, 0.3) is 0 Å². The molecule has 156 valence electrons. The molecule has 1 aliphatic carbocycles. The van der Waals surface area contributed by atoms with Crippen molar-refractivity contribution >= 4 is 28.9 Å². The van der Waals surface area contributed by atoms with Gasteiger partial charge in [0.15, 0.2) is 0 Å². The number of nitrogens with zero attached hydrogens (tertiary/aromatic N) is 2. The second-order valence-electron chi connectivity index (χ2n) is 8.59. The Hall–Kier alpha value is -1.26. The Morgan fingerprint density at radius 3 is 2.52 bits per heavy atom. The molecule has 29 heavy (non-hydrogen) atoms. The third kappa shape index (κ3) is 5.08. The van der Waals surface area contributed by atoms with Crippen LogP contribution >= 0.6 is 23.2 Å². The first kappa shape index (κ1) is 21.0. The molecule has 1 aliphatic heterocycles. The van der Waals surface area contributed by atoms with Crippen molar-refractivity contribution < 1.29 is 5.11 Å². The van der Waals surface area contributed by atoms with Crippen LogP contribution in [0.5, 0.6) is 0 Å². The van der Waals surface area contributed by atoms with Crippen LogP contribution in [-0.4, -0.2) is 48.3 Å². The van der Waals surface area contributed by atoms with Crippen LogP contribution in [-0.2, 0) is 6.42 Å². The van der Waals surface area contributed by atoms with E-state index in [1.54, 1.807) is 0 Å². The van der Waals surface area contributed by atoms with Gasteiger partial charge in [-0.3, -0.25) is 4.90 Å². The molecule has 2 unspecified atom stereocenters. The minimum atomic E-state index is -0.636. The molecule has 0 aromatic heterocycles. The van der Waals surface area contributed by atoms with E-state index in [1.165, 1.54) is 6.42 Å². The fraction of sp³-hybridized carbons (Fsp3) is 0.500. The molecule has 2 aromatic carbocycles. The number of hydrogen-bond donors (Lipinski definition) is 1. The molecule has 0 amide bonds. The topological polar surface area (TPSA) is 26.7 Å². The Labute approximate surface area is 184 Å². The van der Waals surface area contributed by atoms with Crippen molar-refractivity contribution in [3.63, 3.8) is 0 Å². The SMILES string of the molecule is OC1(Cc2cccc(Cl)c2)CCCCC1CN1CCN(c2ccccc2Cl)CC1. The fourth-order valence-electron chi connectivity index (χ4n) is 4.98. The molecule has 2 aliphatic rings. The van der Waals surface area contributed by atoms with Gasteiger partial charge in [0.05, 0.1) is 16.3 Å². The highest BCUT2D eigenvalue weighted by molar-refractivity contribution is 6.33. The fourth-order valence-corrected chi connectivity index (χ4v) is 5.45. The van der Waals surface area contributed by atoms with E-state index in [9.17, 15) is 5.11 Å². The van der Waals surface area contributed by atoms with E-state index in [-0.39, 0.29) is 0 Å². The third-order valence-electron chi connectivity index (χ3n) is 6.62. The van der Waals surface area contributed by atoms with Crippen molar-refractivity contribution in [2.75, 3.05) is 37.6 Å². The number of anilines is 1. The lowest BCUT2D eigenvalue weighted by Gasteiger charge is -2.44. The van der Waals surface area contributed by atoms with E-state index >= 15 is 0 Å². The maximum atomic E-state index is 11.6. The van der Waals surface area contributed by atoms with Crippen molar-refractivity contribution in [1.29, 1.82) is 0 Å². The van der Waals surface area contributed by atoms with Crippen molar-refractivity contribution in [1.82, 2.24) is 4.90 Å². The van der Waals surface area contributed by atoms with Gasteiger partial charge in [-0.2, -0.15) is 0 Å². The molecule has 2 atom stereocenters. The van der Waals surface area contributed by atoms with Crippen LogP contribution in [0.4, 0.5) is 5.69 Å². The standard InChI is InChI=1S/C24H30Cl2N2O/c25-21-8-5-6-19(16-21)17-24(29)11-4-3-7-20(24)18-27-12-14-28(15-13-27)23-10-2-1-9-22(23)26/h1-2,5-6,8-10,16,20,29H,3-4,7,11-15,17-18H2. The number of rotatable bonds is 5. The van der Waals surface area contributed by atoms with E-state index in [0.29, 0.717) is 12.3 Å². The molecule has 1 heterocycles. The van der Waals surface area contributed by atoms with Gasteiger partial charge < -0.3 is 10.0 Å². The molecular weight excluding hydrogens is 403 g/mol. The van der Waals surface area contributed by atoms with Gasteiger partial charge in [-0.05, 0) is 42.7 Å². The van der Waals surface area contributed by atoms with Gasteiger partial charge in [0.25, 0.3) is 0 Å². The summed E-state index contributed by atoms with van der Waals surface area (Å²) in [7, 11) is 0. The number of benzene rings is 2. The average Bonchev–Trinajstić information content (AvgIpc) is 2.71. The summed E-state index contributed by atoms with van der Waals surface area (Å²) in [4.78, 5) is 4.89. The van der Waals surface area contributed by atoms with Gasteiger partial charge >= 0.3 is 0 Å². The zero-order valence-electron chi connectivity index (χ0n) is 16.9. The molecule has 5 heteroatoms.